The molecule has 2 bridgehead atoms. The molecule has 2 unspecified atom stereocenters. The Morgan fingerprint density at radius 3 is 2.06 bits per heavy atom. The van der Waals surface area contributed by atoms with Gasteiger partial charge < -0.3 is 0 Å². The summed E-state index contributed by atoms with van der Waals surface area (Å²) in [6.07, 6.45) is 9.22. The zero-order valence-corrected chi connectivity index (χ0v) is 20.2. The fraction of sp³-hybridized carbons (Fsp3) is 0.655. The Labute approximate surface area is 189 Å². The quantitative estimate of drug-likeness (QED) is 0.504. The van der Waals surface area contributed by atoms with E-state index in [4.69, 9.17) is 9.97 Å². The highest BCUT2D eigenvalue weighted by Crippen LogP contribution is 2.63. The molecule has 0 saturated heterocycles. The highest BCUT2D eigenvalue weighted by atomic mass is 14.8. The molecular formula is C29H40N2. The zero-order valence-electron chi connectivity index (χ0n) is 20.2. The molecule has 31 heavy (non-hydrogen) atoms. The van der Waals surface area contributed by atoms with E-state index in [2.05, 4.69) is 71.0 Å². The molecule has 0 amide bonds. The smallest absolute Gasteiger partial charge is 0.0889 e. The summed E-state index contributed by atoms with van der Waals surface area (Å²) in [6, 6.07) is 13.3. The van der Waals surface area contributed by atoms with E-state index in [9.17, 15) is 0 Å². The molecule has 0 spiro atoms. The zero-order chi connectivity index (χ0) is 21.8. The Morgan fingerprint density at radius 1 is 0.839 bits per heavy atom. The number of hydrogen-bond acceptors (Lipinski definition) is 2. The first kappa shape index (κ1) is 21.2. The molecule has 0 aliphatic heterocycles. The SMILES string of the molecule is CC[C@H]1C(c2cccc(-c3cccc(C4CC[C@H]5C[C@H]4C5(C)C)n3)n2)CCCC1(C)C. The maximum Gasteiger partial charge on any atom is 0.0889 e. The number of fused-ring (bicyclic) bond motifs is 2. The summed E-state index contributed by atoms with van der Waals surface area (Å²) in [4.78, 5) is 10.4. The van der Waals surface area contributed by atoms with Crippen molar-refractivity contribution in [1.82, 2.24) is 9.97 Å². The third kappa shape index (κ3) is 3.55. The molecule has 2 heteroatoms. The van der Waals surface area contributed by atoms with Crippen LogP contribution in [0.25, 0.3) is 11.4 Å². The van der Waals surface area contributed by atoms with Crippen LogP contribution in [0.15, 0.2) is 36.4 Å². The fourth-order valence-electron chi connectivity index (χ4n) is 7.67. The van der Waals surface area contributed by atoms with Crippen molar-refractivity contribution in [2.45, 2.75) is 91.4 Å². The van der Waals surface area contributed by atoms with Crippen molar-refractivity contribution in [3.8, 4) is 11.4 Å². The Morgan fingerprint density at radius 2 is 1.48 bits per heavy atom. The summed E-state index contributed by atoms with van der Waals surface area (Å²) in [6.45, 7) is 12.2. The van der Waals surface area contributed by atoms with Crippen LogP contribution >= 0.6 is 0 Å². The van der Waals surface area contributed by atoms with Gasteiger partial charge in [-0.25, -0.2) is 0 Å². The summed E-state index contributed by atoms with van der Waals surface area (Å²) in [5, 5.41) is 0. The van der Waals surface area contributed by atoms with Crippen LogP contribution in [0.3, 0.4) is 0 Å². The molecule has 6 rings (SSSR count). The molecule has 0 N–H and O–H groups in total. The van der Waals surface area contributed by atoms with E-state index in [1.54, 1.807) is 0 Å². The average Bonchev–Trinajstić information content (AvgIpc) is 2.78. The molecule has 2 aromatic rings. The van der Waals surface area contributed by atoms with Gasteiger partial charge >= 0.3 is 0 Å². The van der Waals surface area contributed by atoms with Gasteiger partial charge in [0.2, 0.25) is 0 Å². The van der Waals surface area contributed by atoms with E-state index in [-0.39, 0.29) is 0 Å². The maximum atomic E-state index is 5.21. The van der Waals surface area contributed by atoms with Crippen molar-refractivity contribution < 1.29 is 0 Å². The van der Waals surface area contributed by atoms with Crippen molar-refractivity contribution in [3.05, 3.63) is 47.8 Å². The van der Waals surface area contributed by atoms with Crippen molar-refractivity contribution in [2.24, 2.45) is 28.6 Å². The van der Waals surface area contributed by atoms with E-state index in [1.165, 1.54) is 56.3 Å². The molecule has 5 atom stereocenters. The highest BCUT2D eigenvalue weighted by Gasteiger charge is 2.54. The molecule has 0 aromatic carbocycles. The van der Waals surface area contributed by atoms with Gasteiger partial charge in [-0.1, -0.05) is 59.6 Å². The first-order valence-electron chi connectivity index (χ1n) is 12.8. The lowest BCUT2D eigenvalue weighted by Gasteiger charge is -2.60. The minimum Gasteiger partial charge on any atom is -0.251 e. The Kier molecular flexibility index (Phi) is 5.26. The molecule has 166 valence electrons. The van der Waals surface area contributed by atoms with Gasteiger partial charge in [-0.2, -0.15) is 0 Å². The van der Waals surface area contributed by atoms with Crippen molar-refractivity contribution in [2.75, 3.05) is 0 Å². The molecular weight excluding hydrogens is 376 g/mol. The molecule has 2 aromatic heterocycles. The third-order valence-corrected chi connectivity index (χ3v) is 9.69. The fourth-order valence-corrected chi connectivity index (χ4v) is 7.67. The lowest BCUT2D eigenvalue weighted by molar-refractivity contribution is -0.0813. The van der Waals surface area contributed by atoms with Crippen LogP contribution in [0.2, 0.25) is 0 Å². The number of nitrogens with zero attached hydrogens (tertiary/aromatic N) is 2. The number of hydrogen-bond donors (Lipinski definition) is 0. The van der Waals surface area contributed by atoms with E-state index in [1.807, 2.05) is 0 Å². The monoisotopic (exact) mass is 416 g/mol. The maximum absolute atomic E-state index is 5.21. The summed E-state index contributed by atoms with van der Waals surface area (Å²) in [5.41, 5.74) is 5.58. The molecule has 4 saturated carbocycles. The van der Waals surface area contributed by atoms with Crippen LogP contribution < -0.4 is 0 Å². The van der Waals surface area contributed by atoms with Crippen LogP contribution in [0, 0.1) is 28.6 Å². The van der Waals surface area contributed by atoms with E-state index < -0.39 is 0 Å². The van der Waals surface area contributed by atoms with E-state index in [0.717, 1.165) is 23.2 Å². The molecule has 2 heterocycles. The third-order valence-electron chi connectivity index (χ3n) is 9.69. The van der Waals surface area contributed by atoms with Gasteiger partial charge in [0.1, 0.15) is 0 Å². The van der Waals surface area contributed by atoms with Crippen LogP contribution in [0.4, 0.5) is 0 Å². The predicted molar refractivity (Wildman–Crippen MR) is 129 cm³/mol. The second-order valence-corrected chi connectivity index (χ2v) is 11.9. The topological polar surface area (TPSA) is 25.8 Å². The van der Waals surface area contributed by atoms with Gasteiger partial charge in [-0.05, 0) is 85.0 Å². The van der Waals surface area contributed by atoms with Gasteiger partial charge in [0.15, 0.2) is 0 Å². The number of rotatable bonds is 4. The molecule has 0 radical (unpaired) electrons. The summed E-state index contributed by atoms with van der Waals surface area (Å²) >= 11 is 0. The standard InChI is InChI=1S/C29H40N2/c1-6-22-20(10-9-17-28(22,2)3)24-11-7-13-26(30-24)27-14-8-12-25(31-27)21-16-15-19-18-23(21)29(19,4)5/h7-8,11-14,19-23H,6,9-10,15-18H2,1-5H3/t19-,20?,21?,22-,23+/m0/s1. The average molecular weight is 417 g/mol. The van der Waals surface area contributed by atoms with Crippen LogP contribution in [-0.2, 0) is 0 Å². The second-order valence-electron chi connectivity index (χ2n) is 11.9. The minimum absolute atomic E-state index is 0.405. The molecule has 4 aliphatic carbocycles. The largest absolute Gasteiger partial charge is 0.251 e. The molecule has 4 fully saturated rings. The Balaban J connectivity index is 1.44. The molecule has 4 aliphatic rings. The van der Waals surface area contributed by atoms with Gasteiger partial charge in [0.25, 0.3) is 0 Å². The van der Waals surface area contributed by atoms with Gasteiger partial charge in [-0.15, -0.1) is 0 Å². The van der Waals surface area contributed by atoms with Crippen LogP contribution in [-0.4, -0.2) is 9.97 Å². The summed E-state index contributed by atoms with van der Waals surface area (Å²) in [7, 11) is 0. The normalized spacial score (nSPS) is 33.5. The predicted octanol–water partition coefficient (Wildman–Crippen LogP) is 8.00. The second kappa shape index (κ2) is 7.71. The van der Waals surface area contributed by atoms with Crippen LogP contribution in [0.1, 0.15) is 103 Å². The van der Waals surface area contributed by atoms with Crippen LogP contribution in [0.5, 0.6) is 0 Å². The molecule has 2 nitrogen and oxygen atoms in total. The first-order valence-corrected chi connectivity index (χ1v) is 12.8. The Bertz CT molecular complexity index is 941. The van der Waals surface area contributed by atoms with E-state index >= 15 is 0 Å². The minimum atomic E-state index is 0.405. The lowest BCUT2D eigenvalue weighted by Crippen LogP contribution is -2.51. The number of pyridine rings is 2. The number of aromatic nitrogens is 2. The lowest BCUT2D eigenvalue weighted by atomic mass is 9.45. The van der Waals surface area contributed by atoms with Gasteiger partial charge in [0.05, 0.1) is 11.4 Å². The first-order chi connectivity index (χ1) is 14.8. The van der Waals surface area contributed by atoms with E-state index in [0.29, 0.717) is 28.6 Å². The van der Waals surface area contributed by atoms with Crippen molar-refractivity contribution >= 4 is 0 Å². The van der Waals surface area contributed by atoms with Crippen molar-refractivity contribution in [1.29, 1.82) is 0 Å². The Hall–Kier alpha value is -1.70. The highest BCUT2D eigenvalue weighted by molar-refractivity contribution is 5.54. The summed E-state index contributed by atoms with van der Waals surface area (Å²) < 4.78 is 0. The van der Waals surface area contributed by atoms with Gasteiger partial charge in [-0.3, -0.25) is 9.97 Å². The summed E-state index contributed by atoms with van der Waals surface area (Å²) in [5.74, 6) is 3.62. The van der Waals surface area contributed by atoms with Crippen molar-refractivity contribution in [3.63, 3.8) is 0 Å². The van der Waals surface area contributed by atoms with Gasteiger partial charge in [0, 0.05) is 23.2 Å².